The number of carbonyl (C=O) groups is 2. The summed E-state index contributed by atoms with van der Waals surface area (Å²) in [6, 6.07) is 0. The molecule has 0 aromatic rings. The van der Waals surface area contributed by atoms with Crippen LogP contribution in [0, 0.1) is 0 Å². The summed E-state index contributed by atoms with van der Waals surface area (Å²) in [6.45, 7) is 11.8. The topological polar surface area (TPSA) is 59.1 Å². The van der Waals surface area contributed by atoms with Crippen LogP contribution in [0.4, 0.5) is 0 Å². The molecule has 0 spiro atoms. The first kappa shape index (κ1) is 53.2. The number of thioether (sulfide) groups is 1. The Bertz CT molecular complexity index is 767. The van der Waals surface area contributed by atoms with Crippen molar-refractivity contribution in [3.63, 3.8) is 0 Å². The first-order chi connectivity index (χ1) is 26.4. The van der Waals surface area contributed by atoms with Crippen molar-refractivity contribution in [1.82, 2.24) is 9.80 Å². The fraction of sp³-hybridized carbons (Fsp3) is 0.957. The summed E-state index contributed by atoms with van der Waals surface area (Å²) in [5.41, 5.74) is 0. The lowest BCUT2D eigenvalue weighted by Gasteiger charge is -2.24. The van der Waals surface area contributed by atoms with Crippen LogP contribution in [-0.4, -0.2) is 86.2 Å². The second-order valence-corrected chi connectivity index (χ2v) is 17.7. The van der Waals surface area contributed by atoms with E-state index in [2.05, 4.69) is 44.7 Å². The molecule has 0 amide bonds. The largest absolute Gasteiger partial charge is 0.466 e. The van der Waals surface area contributed by atoms with Gasteiger partial charge in [-0.3, -0.25) is 9.59 Å². The maximum Gasteiger partial charge on any atom is 0.306 e. The number of carbonyl (C=O) groups excluding carboxylic acids is 2. The van der Waals surface area contributed by atoms with E-state index in [-0.39, 0.29) is 18.0 Å². The molecule has 0 fully saturated rings. The first-order valence-electron chi connectivity index (χ1n) is 23.7. The van der Waals surface area contributed by atoms with Gasteiger partial charge in [0.05, 0.1) is 13.0 Å². The number of hydrogen-bond donors (Lipinski definition) is 0. The lowest BCUT2D eigenvalue weighted by Crippen LogP contribution is -2.33. The zero-order chi connectivity index (χ0) is 39.6. The smallest absolute Gasteiger partial charge is 0.306 e. The zero-order valence-electron chi connectivity index (χ0n) is 37.1. The van der Waals surface area contributed by atoms with E-state index in [4.69, 9.17) is 9.47 Å². The molecule has 0 aromatic heterocycles. The standard InChI is InChI=1S/C47H94N2O4S/c1-6-9-12-15-18-19-25-33-43-54-44-37-46(50)52-42-32-26-31-39-49(41-40-48(4)5)38-30-24-20-23-29-36-47(51)53-45(34-27-21-16-13-10-7-2)35-28-22-17-14-11-8-3/h45H,6-44H2,1-5H3. The SMILES string of the molecule is CCCCCCCCCCSCCC(=O)OCCCCCN(CCCCCCCC(=O)OC(CCCCCCCC)CCCCCCCC)CCN(C)C. The van der Waals surface area contributed by atoms with Crippen LogP contribution in [0.2, 0.25) is 0 Å². The molecule has 0 rings (SSSR count). The van der Waals surface area contributed by atoms with Crippen molar-refractivity contribution >= 4 is 23.7 Å². The summed E-state index contributed by atoms with van der Waals surface area (Å²) in [5, 5.41) is 0. The van der Waals surface area contributed by atoms with Gasteiger partial charge < -0.3 is 19.3 Å². The lowest BCUT2D eigenvalue weighted by molar-refractivity contribution is -0.150. The first-order valence-corrected chi connectivity index (χ1v) is 24.9. The fourth-order valence-corrected chi connectivity index (χ4v) is 8.01. The number of esters is 2. The summed E-state index contributed by atoms with van der Waals surface area (Å²) in [4.78, 5) is 29.8. The number of hydrogen-bond acceptors (Lipinski definition) is 7. The summed E-state index contributed by atoms with van der Waals surface area (Å²) in [5.74, 6) is 2.06. The third-order valence-corrected chi connectivity index (χ3v) is 11.8. The third kappa shape index (κ3) is 40.9. The Morgan fingerprint density at radius 3 is 1.46 bits per heavy atom. The number of unbranched alkanes of at least 4 members (excludes halogenated alkanes) is 23. The van der Waals surface area contributed by atoms with Gasteiger partial charge in [0.1, 0.15) is 6.10 Å². The van der Waals surface area contributed by atoms with E-state index in [0.29, 0.717) is 19.4 Å². The molecule has 0 aliphatic rings. The van der Waals surface area contributed by atoms with Gasteiger partial charge in [-0.2, -0.15) is 11.8 Å². The molecule has 0 aliphatic heterocycles. The minimum atomic E-state index is -0.0286. The van der Waals surface area contributed by atoms with Gasteiger partial charge in [-0.1, -0.05) is 149 Å². The molecule has 6 nitrogen and oxygen atoms in total. The van der Waals surface area contributed by atoms with Crippen molar-refractivity contribution in [3.8, 4) is 0 Å². The minimum absolute atomic E-state index is 0.0286. The van der Waals surface area contributed by atoms with Crippen molar-refractivity contribution < 1.29 is 19.1 Å². The Hall–Kier alpha value is -0.790. The van der Waals surface area contributed by atoms with Gasteiger partial charge >= 0.3 is 11.9 Å². The van der Waals surface area contributed by atoms with Crippen molar-refractivity contribution in [1.29, 1.82) is 0 Å². The number of likely N-dealkylation sites (N-methyl/N-ethyl adjacent to an activating group) is 1. The maximum atomic E-state index is 12.8. The van der Waals surface area contributed by atoms with Crippen molar-refractivity contribution in [3.05, 3.63) is 0 Å². The summed E-state index contributed by atoms with van der Waals surface area (Å²) in [6.07, 6.45) is 38.6. The number of nitrogens with zero attached hydrogens (tertiary/aromatic N) is 2. The van der Waals surface area contributed by atoms with Crippen LogP contribution < -0.4 is 0 Å². The van der Waals surface area contributed by atoms with E-state index in [9.17, 15) is 9.59 Å². The molecule has 7 heteroatoms. The minimum Gasteiger partial charge on any atom is -0.466 e. The van der Waals surface area contributed by atoms with E-state index < -0.39 is 0 Å². The zero-order valence-corrected chi connectivity index (χ0v) is 37.9. The van der Waals surface area contributed by atoms with Gasteiger partial charge in [0.15, 0.2) is 0 Å². The number of rotatable bonds is 44. The highest BCUT2D eigenvalue weighted by Crippen LogP contribution is 2.19. The lowest BCUT2D eigenvalue weighted by atomic mass is 10.0. The quantitative estimate of drug-likeness (QED) is 0.0450. The molecule has 0 unspecified atom stereocenters. The van der Waals surface area contributed by atoms with Crippen LogP contribution in [0.5, 0.6) is 0 Å². The van der Waals surface area contributed by atoms with Crippen LogP contribution in [0.1, 0.15) is 226 Å². The van der Waals surface area contributed by atoms with Crippen molar-refractivity contribution in [2.45, 2.75) is 232 Å². The highest BCUT2D eigenvalue weighted by molar-refractivity contribution is 7.99. The molecule has 54 heavy (non-hydrogen) atoms. The third-order valence-electron chi connectivity index (χ3n) is 10.8. The monoisotopic (exact) mass is 783 g/mol. The summed E-state index contributed by atoms with van der Waals surface area (Å²) >= 11 is 1.90. The van der Waals surface area contributed by atoms with Crippen molar-refractivity contribution in [2.75, 3.05) is 58.4 Å². The van der Waals surface area contributed by atoms with Crippen LogP contribution in [0.15, 0.2) is 0 Å². The predicted molar refractivity (Wildman–Crippen MR) is 238 cm³/mol. The van der Waals surface area contributed by atoms with E-state index >= 15 is 0 Å². The Morgan fingerprint density at radius 2 is 0.926 bits per heavy atom. The second kappa shape index (κ2) is 43.3. The molecular weight excluding hydrogens is 689 g/mol. The van der Waals surface area contributed by atoms with Gasteiger partial charge in [0, 0.05) is 25.3 Å². The van der Waals surface area contributed by atoms with E-state index in [0.717, 1.165) is 76.9 Å². The average molecular weight is 783 g/mol. The van der Waals surface area contributed by atoms with Gasteiger partial charge in [0.25, 0.3) is 0 Å². The molecule has 322 valence electrons. The van der Waals surface area contributed by atoms with Gasteiger partial charge in [-0.05, 0) is 97.1 Å². The predicted octanol–water partition coefficient (Wildman–Crippen LogP) is 13.6. The molecule has 0 heterocycles. The van der Waals surface area contributed by atoms with Crippen LogP contribution in [-0.2, 0) is 19.1 Å². The van der Waals surface area contributed by atoms with E-state index in [1.54, 1.807) is 0 Å². The summed E-state index contributed by atoms with van der Waals surface area (Å²) in [7, 11) is 4.30. The average Bonchev–Trinajstić information content (AvgIpc) is 3.15. The second-order valence-electron chi connectivity index (χ2n) is 16.5. The highest BCUT2D eigenvalue weighted by Gasteiger charge is 2.14. The normalized spacial score (nSPS) is 11.7. The molecular formula is C47H94N2O4S. The highest BCUT2D eigenvalue weighted by atomic mass is 32.2. The molecule has 0 aliphatic carbocycles. The molecule has 0 radical (unpaired) electrons. The van der Waals surface area contributed by atoms with Crippen LogP contribution in [0.25, 0.3) is 0 Å². The summed E-state index contributed by atoms with van der Waals surface area (Å²) < 4.78 is 11.6. The number of ether oxygens (including phenoxy) is 2. The Labute approximate surface area is 342 Å². The maximum absolute atomic E-state index is 12.8. The fourth-order valence-electron chi connectivity index (χ4n) is 7.09. The van der Waals surface area contributed by atoms with E-state index in [1.807, 2.05) is 11.8 Å². The van der Waals surface area contributed by atoms with Crippen LogP contribution >= 0.6 is 11.8 Å². The molecule has 0 atom stereocenters. The van der Waals surface area contributed by atoms with Gasteiger partial charge in [-0.25, -0.2) is 0 Å². The Kier molecular flexibility index (Phi) is 42.7. The molecule has 0 saturated carbocycles. The van der Waals surface area contributed by atoms with Crippen LogP contribution in [0.3, 0.4) is 0 Å². The van der Waals surface area contributed by atoms with Gasteiger partial charge in [0.2, 0.25) is 0 Å². The molecule has 0 bridgehead atoms. The molecule has 0 aromatic carbocycles. The molecule has 0 saturated heterocycles. The Balaban J connectivity index is 4.08. The Morgan fingerprint density at radius 1 is 0.463 bits per heavy atom. The molecule has 0 N–H and O–H groups in total. The van der Waals surface area contributed by atoms with Crippen molar-refractivity contribution in [2.24, 2.45) is 0 Å². The van der Waals surface area contributed by atoms with E-state index in [1.165, 1.54) is 153 Å². The van der Waals surface area contributed by atoms with Gasteiger partial charge in [-0.15, -0.1) is 0 Å².